The van der Waals surface area contributed by atoms with Crippen molar-refractivity contribution in [3.8, 4) is 28.7 Å². The number of hydrogen-bond donors (Lipinski definition) is 9. The predicted octanol–water partition coefficient (Wildman–Crippen LogP) is 19.2. The molecular weight excluding hydrogens is 2220 g/mol. The van der Waals surface area contributed by atoms with E-state index in [2.05, 4.69) is 65.3 Å². The van der Waals surface area contributed by atoms with Crippen molar-refractivity contribution in [1.29, 1.82) is 0 Å². The van der Waals surface area contributed by atoms with Crippen LogP contribution in [0.5, 0.6) is 28.7 Å². The highest BCUT2D eigenvalue weighted by molar-refractivity contribution is 9.10. The Morgan fingerprint density at radius 2 is 0.788 bits per heavy atom. The normalized spacial score (nSPS) is 11.8. The zero-order valence-electron chi connectivity index (χ0n) is 78.8. The van der Waals surface area contributed by atoms with Crippen LogP contribution in [0.2, 0.25) is 4.34 Å². The van der Waals surface area contributed by atoms with E-state index < -0.39 is 190 Å². The van der Waals surface area contributed by atoms with Gasteiger partial charge in [0.15, 0.2) is 16.8 Å². The lowest BCUT2D eigenvalue weighted by molar-refractivity contribution is -0.275. The molecule has 0 saturated carbocycles. The Morgan fingerprint density at radius 3 is 1.14 bits per heavy atom. The van der Waals surface area contributed by atoms with Gasteiger partial charge in [-0.1, -0.05) is 56.5 Å². The van der Waals surface area contributed by atoms with Crippen LogP contribution in [0.25, 0.3) is 0 Å². The van der Waals surface area contributed by atoms with Crippen LogP contribution in [0.1, 0.15) is 164 Å². The Hall–Kier alpha value is -12.1. The van der Waals surface area contributed by atoms with Crippen LogP contribution < -0.4 is 67.9 Å². The molecule has 146 heavy (non-hydrogen) atoms. The number of hydrogen-bond acceptors (Lipinski definition) is 32. The molecule has 0 aliphatic rings. The van der Waals surface area contributed by atoms with Gasteiger partial charge in [0.05, 0.1) is 62.5 Å². The summed E-state index contributed by atoms with van der Waals surface area (Å²) in [6.45, 7) is 18.5. The minimum Gasteiger partial charge on any atom is -0.497 e. The molecule has 4 heterocycles. The zero-order chi connectivity index (χ0) is 111. The average Bonchev–Trinajstić information content (AvgIpc) is 1.64. The topological polar surface area (TPSA) is 529 Å². The van der Waals surface area contributed by atoms with Crippen LogP contribution in [0, 0.1) is 35.0 Å². The number of alkyl halides is 9. The van der Waals surface area contributed by atoms with E-state index in [1.807, 2.05) is 0 Å². The minimum absolute atomic E-state index is 0.0395. The van der Waals surface area contributed by atoms with Crippen molar-refractivity contribution < 1.29 is 184 Å². The van der Waals surface area contributed by atoms with Crippen LogP contribution in [-0.2, 0) is 77.0 Å². The van der Waals surface area contributed by atoms with Crippen molar-refractivity contribution in [2.24, 2.45) is 28.9 Å². The number of carbonyl (C=O) groups excluding carboxylic acids is 12. The molecule has 58 heteroatoms. The second-order valence-corrected chi connectivity index (χ2v) is 43.6. The number of thiophene rings is 4. The molecule has 9 aromatic rings. The molecule has 5 aromatic carbocycles. The van der Waals surface area contributed by atoms with Crippen LogP contribution in [-0.4, -0.2) is 161 Å². The van der Waals surface area contributed by atoms with Crippen molar-refractivity contribution in [1.82, 2.24) is 0 Å². The number of aliphatic hydroxyl groups is 1. The van der Waals surface area contributed by atoms with E-state index in [-0.39, 0.29) is 65.8 Å². The van der Waals surface area contributed by atoms with Gasteiger partial charge in [0.1, 0.15) is 102 Å². The number of sulfone groups is 2. The van der Waals surface area contributed by atoms with E-state index in [1.165, 1.54) is 105 Å². The minimum atomic E-state index is -5.12. The van der Waals surface area contributed by atoms with Gasteiger partial charge in [-0.3, -0.25) is 57.5 Å². The summed E-state index contributed by atoms with van der Waals surface area (Å²) in [5.74, 6) is -14.7. The maximum absolute atomic E-state index is 14.3. The molecule has 0 fully saturated rings. The maximum Gasteiger partial charge on any atom is 0.573 e. The molecule has 800 valence electrons. The van der Waals surface area contributed by atoms with Gasteiger partial charge in [0.2, 0.25) is 19.7 Å². The molecule has 1 unspecified atom stereocenters. The molecule has 1 atom stereocenters. The van der Waals surface area contributed by atoms with Gasteiger partial charge in [0.25, 0.3) is 47.3 Å². The fourth-order valence-corrected chi connectivity index (χ4v) is 20.7. The maximum atomic E-state index is 14.3. The molecule has 9 rings (SSSR count). The zero-order valence-corrected chi connectivity index (χ0v) is 87.6. The summed E-state index contributed by atoms with van der Waals surface area (Å²) in [7, 11) is -6.34. The van der Waals surface area contributed by atoms with Crippen molar-refractivity contribution in [3.05, 3.63) is 175 Å². The smallest absolute Gasteiger partial charge is 0.497 e. The number of benzene rings is 5. The SMILES string of the molecule is CC(=O)OC(C)(C)C(=O)Nc1sc(Cl)cc1C(N)=O.CC(=O)OC(C)(C)C(=O)Nc1sc(S(=O)(=O)c2ccc(OC(F)(F)F)cc2F)cc1C(N)=O.CC(=O)OC(C)(C)C(=O)Nc1sc(Sc2ccc(OC(F)(F)F)cc2F)cc1C(N)=O.CC(C)(O)C(=O)Nc1sc(S(=O)(=O)c2ccc(OC(F)(F)F)cc2F)cc1C(N)=O.CCCCC(CC)COC(=O)CCSc1ccc(OC)cc1F.COc1ccc(Br)c(F)c1. The molecule has 0 radical (unpaired) electrons. The third-order valence-corrected chi connectivity index (χ3v) is 29.5. The van der Waals surface area contributed by atoms with E-state index in [0.717, 1.165) is 106 Å². The highest BCUT2D eigenvalue weighted by Crippen LogP contribution is 2.44. The summed E-state index contributed by atoms with van der Waals surface area (Å²) >= 11 is 13.5. The lowest BCUT2D eigenvalue weighted by atomic mass is 10.0. The highest BCUT2D eigenvalue weighted by atomic mass is 79.9. The number of primary amides is 4. The number of unbranched alkanes of at least 4 members (excludes halogenated alkanes) is 1. The summed E-state index contributed by atoms with van der Waals surface area (Å²) in [5, 5.41) is 18.6. The lowest BCUT2D eigenvalue weighted by Crippen LogP contribution is -2.41. The predicted molar refractivity (Wildman–Crippen MR) is 512 cm³/mol. The number of nitrogens with one attached hydrogen (secondary N) is 4. The first kappa shape index (κ1) is 126. The number of halogens is 16. The van der Waals surface area contributed by atoms with E-state index >= 15 is 0 Å². The van der Waals surface area contributed by atoms with E-state index in [1.54, 1.807) is 24.3 Å². The van der Waals surface area contributed by atoms with Gasteiger partial charge in [-0.15, -0.1) is 96.6 Å². The van der Waals surface area contributed by atoms with Crippen LogP contribution in [0.3, 0.4) is 0 Å². The van der Waals surface area contributed by atoms with Gasteiger partial charge in [0, 0.05) is 66.6 Å². The van der Waals surface area contributed by atoms with Gasteiger partial charge >= 0.3 is 43.0 Å². The van der Waals surface area contributed by atoms with Gasteiger partial charge in [-0.2, -0.15) is 0 Å². The summed E-state index contributed by atoms with van der Waals surface area (Å²) in [6.07, 6.45) is -10.4. The number of carbonyl (C=O) groups is 12. The Labute approximate surface area is 861 Å². The largest absolute Gasteiger partial charge is 0.573 e. The molecule has 13 N–H and O–H groups in total. The number of nitrogens with two attached hydrogens (primary N) is 4. The summed E-state index contributed by atoms with van der Waals surface area (Å²) in [4.78, 5) is 138. The fourth-order valence-electron chi connectivity index (χ4n) is 10.8. The summed E-state index contributed by atoms with van der Waals surface area (Å²) < 4.78 is 271. The Bertz CT molecular complexity index is 6490. The van der Waals surface area contributed by atoms with Gasteiger partial charge in [-0.05, 0) is 169 Å². The first-order chi connectivity index (χ1) is 67.1. The third kappa shape index (κ3) is 40.6. The number of amides is 8. The Kier molecular flexibility index (Phi) is 46.7. The van der Waals surface area contributed by atoms with Gasteiger partial charge < -0.3 is 91.9 Å². The number of thioether (sulfide) groups is 1. The first-order valence-corrected chi connectivity index (χ1v) is 50.2. The summed E-state index contributed by atoms with van der Waals surface area (Å²) in [5.41, 5.74) is 13.6. The first-order valence-electron chi connectivity index (χ1n) is 41.0. The molecule has 0 saturated heterocycles. The molecule has 4 aromatic heterocycles. The van der Waals surface area contributed by atoms with E-state index in [0.29, 0.717) is 107 Å². The Morgan fingerprint density at radius 1 is 0.452 bits per heavy atom. The molecule has 8 amide bonds. The quantitative estimate of drug-likeness (QED) is 0.00762. The standard InChI is InChI=1S/C18H16F4N2O7S2.C18H16F4N2O5S2.C18H27FO3S.C16H14F4N2O6S2.C11H13ClN2O4S.C7H6BrFO/c1-8(25)30-17(2,3)16(27)24-15-10(14(23)26)7-13(32-15)33(28,29)12-5-4-9(6-11(12)19)31-18(20,21)22;1-8(25)28-17(2,3)16(27)24-15-10(14(23)26)7-13(31-15)30-12-5-4-9(6-11(12)19)29-18(20,21)22;1-4-6-7-14(5-2)13-22-18(20)10-11-23-17-9-8-15(21-3)12-16(17)19;1-15(2,25)14(24)22-13-8(12(21)23)6-11(29-13)30(26,27)10-4-3-7(5-9(10)17)28-16(18,19)20;1-5(15)18-11(2,3)10(17)14-9-6(8(13)16)4-7(12)19-9;1-10-5-2-3-6(8)7(9)4-5/h4-7H,1-3H3,(H2,23,26)(H,24,27);4-7H,1-3H3,(H2,23,26)(H,24,27);8-9,12,14H,4-7,10-11,13H2,1-3H3;3-6,25H,1-2H3,(H2,21,23)(H,22,24);4H,1-3H3,(H2,13,16)(H,14,17);2-4H,1H3. The van der Waals surface area contributed by atoms with Crippen molar-refractivity contribution in [3.63, 3.8) is 0 Å². The number of esters is 4. The molecular formula is C88H92BrClF14N8O26S8. The number of methoxy groups -OCH3 is 2. The van der Waals surface area contributed by atoms with E-state index in [9.17, 15) is 141 Å². The highest BCUT2D eigenvalue weighted by Gasteiger charge is 2.40. The average molecular weight is 2320 g/mol. The third-order valence-electron chi connectivity index (χ3n) is 17.8. The fraction of sp³-hybridized carbons (Fsp3) is 0.341. The second-order valence-electron chi connectivity index (χ2n) is 31.2. The Balaban J connectivity index is 0.000000374. The van der Waals surface area contributed by atoms with Crippen LogP contribution in [0.15, 0.2) is 152 Å². The molecule has 0 bridgehead atoms. The van der Waals surface area contributed by atoms with Crippen molar-refractivity contribution in [2.45, 2.75) is 196 Å². The molecule has 34 nitrogen and oxygen atoms in total. The number of rotatable bonds is 36. The number of anilines is 4. The number of ether oxygens (including phenoxy) is 9. The molecule has 0 spiro atoms. The van der Waals surface area contributed by atoms with Crippen LogP contribution >= 0.6 is 96.4 Å². The lowest BCUT2D eigenvalue weighted by Gasteiger charge is -2.22. The van der Waals surface area contributed by atoms with Crippen molar-refractivity contribution >= 4 is 207 Å². The van der Waals surface area contributed by atoms with Crippen molar-refractivity contribution in [2.75, 3.05) is 47.8 Å². The summed E-state index contributed by atoms with van der Waals surface area (Å²) in [6, 6.07) is 18.9. The van der Waals surface area contributed by atoms with Crippen LogP contribution in [0.4, 0.5) is 81.5 Å². The second kappa shape index (κ2) is 54.0. The van der Waals surface area contributed by atoms with E-state index in [4.69, 9.17) is 63.0 Å². The van der Waals surface area contributed by atoms with Gasteiger partial charge in [-0.25, -0.2) is 38.8 Å². The monoisotopic (exact) mass is 2310 g/mol. The molecule has 0 aliphatic carbocycles. The molecule has 0 aliphatic heterocycles.